The molecule has 0 saturated heterocycles. The average molecular weight is 486 g/mol. The third kappa shape index (κ3) is 18.7. The van der Waals surface area contributed by atoms with Gasteiger partial charge in [0.2, 0.25) is 0 Å². The van der Waals surface area contributed by atoms with Crippen LogP contribution in [0.1, 0.15) is 53.4 Å². The van der Waals surface area contributed by atoms with Crippen LogP contribution in [0.3, 0.4) is 0 Å². The maximum Gasteiger partial charge on any atom is 0.191 e. The second-order valence-corrected chi connectivity index (χ2v) is 6.00. The predicted molar refractivity (Wildman–Crippen MR) is 123 cm³/mol. The van der Waals surface area contributed by atoms with E-state index in [1.807, 2.05) is 0 Å². The Hall–Kier alpha value is -0.120. The fourth-order valence-corrected chi connectivity index (χ4v) is 2.33. The summed E-state index contributed by atoms with van der Waals surface area (Å²) in [5.74, 6) is 0.883. The molecule has 0 aliphatic carbocycles. The number of hydrogen-bond donors (Lipinski definition) is 2. The highest BCUT2D eigenvalue weighted by Gasteiger charge is 1.99. The summed E-state index contributed by atoms with van der Waals surface area (Å²) in [6, 6.07) is 0. The van der Waals surface area contributed by atoms with E-state index < -0.39 is 0 Å². The summed E-state index contributed by atoms with van der Waals surface area (Å²) < 4.78 is 11.0. The van der Waals surface area contributed by atoms with Crippen LogP contribution >= 0.6 is 24.0 Å². The van der Waals surface area contributed by atoms with E-state index in [1.165, 1.54) is 19.4 Å². The Morgan fingerprint density at radius 2 is 1.54 bits per heavy atom. The molecule has 2 N–H and O–H groups in total. The number of ether oxygens (including phenoxy) is 2. The van der Waals surface area contributed by atoms with E-state index in [9.17, 15) is 0 Å². The molecule has 0 bridgehead atoms. The Morgan fingerprint density at radius 1 is 0.846 bits per heavy atom. The Morgan fingerprint density at radius 3 is 2.15 bits per heavy atom. The van der Waals surface area contributed by atoms with Gasteiger partial charge < -0.3 is 25.0 Å². The van der Waals surface area contributed by atoms with Crippen molar-refractivity contribution in [2.24, 2.45) is 4.99 Å². The van der Waals surface area contributed by atoms with Crippen LogP contribution in [-0.4, -0.2) is 76.6 Å². The Kier molecular flexibility index (Phi) is 24.8. The van der Waals surface area contributed by atoms with Crippen LogP contribution in [0.4, 0.5) is 0 Å². The third-order valence-electron chi connectivity index (χ3n) is 3.94. The Bertz CT molecular complexity index is 303. The van der Waals surface area contributed by atoms with E-state index in [2.05, 4.69) is 48.2 Å². The molecule has 0 saturated carbocycles. The number of rotatable bonds is 17. The molecule has 0 unspecified atom stereocenters. The standard InChI is InChI=1S/C19H42N4O2.HI/c1-5-9-15-24-17-18-25-16-13-22-19(20-6-2)21-12-10-11-14-23(7-3)8-4;/h5-18H2,1-4H3,(H2,20,21,22);1H. The molecule has 7 heteroatoms. The number of guanidine groups is 1. The van der Waals surface area contributed by atoms with Crippen molar-refractivity contribution in [3.63, 3.8) is 0 Å². The van der Waals surface area contributed by atoms with Gasteiger partial charge in [-0.1, -0.05) is 27.2 Å². The molecule has 0 aliphatic heterocycles. The SMILES string of the molecule is CCCCOCCOCCNC(=NCCCCN(CC)CC)NCC.I. The average Bonchev–Trinajstić information content (AvgIpc) is 2.63. The highest BCUT2D eigenvalue weighted by Crippen LogP contribution is 1.95. The molecule has 26 heavy (non-hydrogen) atoms. The topological polar surface area (TPSA) is 58.1 Å². The van der Waals surface area contributed by atoms with Crippen molar-refractivity contribution in [3.05, 3.63) is 0 Å². The summed E-state index contributed by atoms with van der Waals surface area (Å²) in [4.78, 5) is 7.08. The molecule has 6 nitrogen and oxygen atoms in total. The van der Waals surface area contributed by atoms with Crippen LogP contribution < -0.4 is 10.6 Å². The van der Waals surface area contributed by atoms with E-state index in [-0.39, 0.29) is 24.0 Å². The van der Waals surface area contributed by atoms with Crippen LogP contribution in [0.15, 0.2) is 4.99 Å². The lowest BCUT2D eigenvalue weighted by molar-refractivity contribution is 0.0487. The molecule has 0 aromatic carbocycles. The minimum absolute atomic E-state index is 0. The smallest absolute Gasteiger partial charge is 0.191 e. The predicted octanol–water partition coefficient (Wildman–Crippen LogP) is 3.11. The molecule has 0 amide bonds. The highest BCUT2D eigenvalue weighted by atomic mass is 127. The zero-order chi connectivity index (χ0) is 18.6. The molecule has 0 radical (unpaired) electrons. The number of nitrogens with one attached hydrogen (secondary N) is 2. The van der Waals surface area contributed by atoms with Crippen LogP contribution in [0.25, 0.3) is 0 Å². The first-order valence-corrected chi connectivity index (χ1v) is 10.2. The molecule has 0 aromatic rings. The maximum atomic E-state index is 5.56. The summed E-state index contributed by atoms with van der Waals surface area (Å²) in [5, 5.41) is 6.59. The van der Waals surface area contributed by atoms with E-state index >= 15 is 0 Å². The first-order valence-electron chi connectivity index (χ1n) is 10.2. The lowest BCUT2D eigenvalue weighted by atomic mass is 10.3. The Labute approximate surface area is 178 Å². The fourth-order valence-electron chi connectivity index (χ4n) is 2.33. The monoisotopic (exact) mass is 486 g/mol. The first-order chi connectivity index (χ1) is 12.3. The van der Waals surface area contributed by atoms with Crippen molar-refractivity contribution in [1.82, 2.24) is 15.5 Å². The van der Waals surface area contributed by atoms with Crippen molar-refractivity contribution < 1.29 is 9.47 Å². The minimum Gasteiger partial charge on any atom is -0.379 e. The Balaban J connectivity index is 0. The molecule has 0 spiro atoms. The summed E-state index contributed by atoms with van der Waals surface area (Å²) in [6.07, 6.45) is 4.62. The van der Waals surface area contributed by atoms with Gasteiger partial charge in [-0.3, -0.25) is 4.99 Å². The van der Waals surface area contributed by atoms with Crippen LogP contribution in [0.5, 0.6) is 0 Å². The summed E-state index contributed by atoms with van der Waals surface area (Å²) in [6.45, 7) is 17.5. The van der Waals surface area contributed by atoms with Gasteiger partial charge in [0.25, 0.3) is 0 Å². The van der Waals surface area contributed by atoms with Crippen molar-refractivity contribution in [2.45, 2.75) is 53.4 Å². The number of hydrogen-bond acceptors (Lipinski definition) is 4. The molecule has 0 aromatic heterocycles. The zero-order valence-corrected chi connectivity index (χ0v) is 19.8. The molecule has 0 fully saturated rings. The fraction of sp³-hybridized carbons (Fsp3) is 0.947. The second-order valence-electron chi connectivity index (χ2n) is 6.00. The summed E-state index contributed by atoms with van der Waals surface area (Å²) >= 11 is 0. The van der Waals surface area contributed by atoms with Gasteiger partial charge >= 0.3 is 0 Å². The van der Waals surface area contributed by atoms with E-state index in [4.69, 9.17) is 9.47 Å². The maximum absolute atomic E-state index is 5.56. The number of unbranched alkanes of at least 4 members (excludes halogenated alkanes) is 2. The van der Waals surface area contributed by atoms with Crippen LogP contribution in [0, 0.1) is 0 Å². The minimum atomic E-state index is 0. The molecule has 0 atom stereocenters. The lowest BCUT2D eigenvalue weighted by Gasteiger charge is -2.17. The molecule has 0 rings (SSSR count). The van der Waals surface area contributed by atoms with Crippen LogP contribution in [-0.2, 0) is 9.47 Å². The second kappa shape index (κ2) is 22.9. The van der Waals surface area contributed by atoms with Crippen molar-refractivity contribution in [2.75, 3.05) is 65.7 Å². The quantitative estimate of drug-likeness (QED) is 0.143. The van der Waals surface area contributed by atoms with E-state index in [0.29, 0.717) is 19.8 Å². The largest absolute Gasteiger partial charge is 0.379 e. The van der Waals surface area contributed by atoms with Crippen molar-refractivity contribution >= 4 is 29.9 Å². The summed E-state index contributed by atoms with van der Waals surface area (Å²) in [5.41, 5.74) is 0. The van der Waals surface area contributed by atoms with Crippen molar-refractivity contribution in [1.29, 1.82) is 0 Å². The van der Waals surface area contributed by atoms with Gasteiger partial charge in [0.05, 0.1) is 19.8 Å². The molecule has 0 aliphatic rings. The van der Waals surface area contributed by atoms with Gasteiger partial charge in [0, 0.05) is 26.2 Å². The summed E-state index contributed by atoms with van der Waals surface area (Å²) in [7, 11) is 0. The number of aliphatic imine (C=N–C) groups is 1. The van der Waals surface area contributed by atoms with Crippen molar-refractivity contribution in [3.8, 4) is 0 Å². The van der Waals surface area contributed by atoms with E-state index in [1.54, 1.807) is 0 Å². The third-order valence-corrected chi connectivity index (χ3v) is 3.94. The van der Waals surface area contributed by atoms with Gasteiger partial charge in [-0.15, -0.1) is 24.0 Å². The van der Waals surface area contributed by atoms with Gasteiger partial charge in [0.15, 0.2) is 5.96 Å². The zero-order valence-electron chi connectivity index (χ0n) is 17.5. The van der Waals surface area contributed by atoms with Gasteiger partial charge in [-0.25, -0.2) is 0 Å². The van der Waals surface area contributed by atoms with Gasteiger partial charge in [0.1, 0.15) is 0 Å². The normalized spacial score (nSPS) is 11.5. The van der Waals surface area contributed by atoms with E-state index in [0.717, 1.165) is 58.1 Å². The highest BCUT2D eigenvalue weighted by molar-refractivity contribution is 14.0. The number of nitrogens with zero attached hydrogens (tertiary/aromatic N) is 2. The lowest BCUT2D eigenvalue weighted by Crippen LogP contribution is -2.39. The van der Waals surface area contributed by atoms with Gasteiger partial charge in [-0.05, 0) is 45.8 Å². The molecule has 158 valence electrons. The first kappa shape index (κ1) is 28.1. The number of halogens is 1. The van der Waals surface area contributed by atoms with Gasteiger partial charge in [-0.2, -0.15) is 0 Å². The van der Waals surface area contributed by atoms with Crippen LogP contribution in [0.2, 0.25) is 0 Å². The molecular formula is C19H43IN4O2. The molecule has 0 heterocycles. The molecular weight excluding hydrogens is 443 g/mol.